The number of H-pyrrole nitrogens is 1. The van der Waals surface area contributed by atoms with Crippen molar-refractivity contribution in [2.75, 3.05) is 26.2 Å². The van der Waals surface area contributed by atoms with E-state index < -0.39 is 16.1 Å². The van der Waals surface area contributed by atoms with Gasteiger partial charge in [-0.1, -0.05) is 6.92 Å². The van der Waals surface area contributed by atoms with Gasteiger partial charge in [-0.3, -0.25) is 4.79 Å². The normalized spacial score (nSPS) is 20.4. The fourth-order valence-corrected chi connectivity index (χ4v) is 3.79. The van der Waals surface area contributed by atoms with Crippen LogP contribution in [0.25, 0.3) is 0 Å². The molecule has 3 N–H and O–H groups in total. The van der Waals surface area contributed by atoms with Crippen LogP contribution in [0.5, 0.6) is 0 Å². The van der Waals surface area contributed by atoms with E-state index >= 15 is 0 Å². The molecule has 1 atom stereocenters. The monoisotopic (exact) mass is 315 g/mol. The zero-order valence-electron chi connectivity index (χ0n) is 12.2. The largest absolute Gasteiger partial charge is 0.355 e. The molecule has 118 valence electrons. The zero-order chi connectivity index (χ0) is 15.5. The summed E-state index contributed by atoms with van der Waals surface area (Å²) in [6, 6.07) is -0.739. The van der Waals surface area contributed by atoms with Gasteiger partial charge in [0.15, 0.2) is 5.03 Å². The van der Waals surface area contributed by atoms with Gasteiger partial charge in [0, 0.05) is 32.6 Å². The predicted molar refractivity (Wildman–Crippen MR) is 77.2 cm³/mol. The molecule has 1 aliphatic rings. The lowest BCUT2D eigenvalue weighted by atomic mass is 10.2. The van der Waals surface area contributed by atoms with E-state index in [4.69, 9.17) is 0 Å². The van der Waals surface area contributed by atoms with Crippen molar-refractivity contribution in [3.8, 4) is 0 Å². The number of aromatic nitrogens is 2. The summed E-state index contributed by atoms with van der Waals surface area (Å²) in [5.74, 6) is 0.321. The van der Waals surface area contributed by atoms with Crippen molar-refractivity contribution < 1.29 is 13.2 Å². The maximum absolute atomic E-state index is 12.7. The van der Waals surface area contributed by atoms with Crippen LogP contribution in [0.3, 0.4) is 0 Å². The quantitative estimate of drug-likeness (QED) is 0.651. The Bertz CT molecular complexity index is 598. The molecule has 1 aliphatic heterocycles. The summed E-state index contributed by atoms with van der Waals surface area (Å²) < 4.78 is 26.6. The average Bonchev–Trinajstić information content (AvgIpc) is 2.97. The molecule has 0 aromatic carbocycles. The van der Waals surface area contributed by atoms with Gasteiger partial charge in [0.2, 0.25) is 5.91 Å². The van der Waals surface area contributed by atoms with Gasteiger partial charge in [0.05, 0.1) is 6.20 Å². The van der Waals surface area contributed by atoms with Gasteiger partial charge in [0.1, 0.15) is 11.9 Å². The molecule has 2 heterocycles. The molecule has 1 unspecified atom stereocenters. The Morgan fingerprint density at radius 3 is 2.90 bits per heavy atom. The number of carbonyl (C=O) groups excluding carboxylic acids is 1. The fraction of sp³-hybridized carbons (Fsp3) is 0.667. The predicted octanol–water partition coefficient (Wildman–Crippen LogP) is -0.929. The van der Waals surface area contributed by atoms with Crippen LogP contribution in [0.4, 0.5) is 0 Å². The lowest BCUT2D eigenvalue weighted by Crippen LogP contribution is -2.59. The number of sulfonamides is 1. The summed E-state index contributed by atoms with van der Waals surface area (Å²) in [7, 11) is -3.75. The smallest absolute Gasteiger partial charge is 0.260 e. The molecule has 21 heavy (non-hydrogen) atoms. The number of piperazine rings is 1. The number of amides is 1. The van der Waals surface area contributed by atoms with E-state index in [2.05, 4.69) is 20.6 Å². The number of nitrogens with one attached hydrogen (secondary N) is 3. The van der Waals surface area contributed by atoms with Crippen LogP contribution >= 0.6 is 0 Å². The number of nitrogens with zero attached hydrogens (tertiary/aromatic N) is 2. The lowest BCUT2D eigenvalue weighted by molar-refractivity contribution is -0.125. The molecule has 0 spiro atoms. The van der Waals surface area contributed by atoms with Crippen molar-refractivity contribution in [3.05, 3.63) is 12.0 Å². The van der Waals surface area contributed by atoms with Crippen LogP contribution in [0.15, 0.2) is 11.2 Å². The summed E-state index contributed by atoms with van der Waals surface area (Å²) in [6.07, 6.45) is 1.93. The van der Waals surface area contributed by atoms with E-state index in [1.54, 1.807) is 6.92 Å². The van der Waals surface area contributed by atoms with Gasteiger partial charge >= 0.3 is 0 Å². The molecule has 0 radical (unpaired) electrons. The molecule has 8 nitrogen and oxygen atoms in total. The number of hydrogen-bond donors (Lipinski definition) is 3. The highest BCUT2D eigenvalue weighted by Gasteiger charge is 2.38. The molecule has 1 saturated heterocycles. The molecule has 1 aromatic heterocycles. The fourth-order valence-electron chi connectivity index (χ4n) is 2.27. The second-order valence-electron chi connectivity index (χ2n) is 4.78. The highest BCUT2D eigenvalue weighted by Crippen LogP contribution is 2.18. The maximum atomic E-state index is 12.7. The Hall–Kier alpha value is -1.45. The average molecular weight is 315 g/mol. The molecule has 1 amide bonds. The molecule has 1 fully saturated rings. The number of aryl methyl sites for hydroxylation is 1. The maximum Gasteiger partial charge on any atom is 0.260 e. The molecule has 0 saturated carbocycles. The Morgan fingerprint density at radius 1 is 1.52 bits per heavy atom. The van der Waals surface area contributed by atoms with Crippen molar-refractivity contribution in [1.29, 1.82) is 0 Å². The number of likely N-dealkylation sites (N-methyl/N-ethyl adjacent to an activating group) is 1. The first-order valence-electron chi connectivity index (χ1n) is 7.04. The molecule has 1 aromatic rings. The van der Waals surface area contributed by atoms with E-state index in [-0.39, 0.29) is 17.5 Å². The van der Waals surface area contributed by atoms with Crippen LogP contribution < -0.4 is 10.6 Å². The summed E-state index contributed by atoms with van der Waals surface area (Å²) in [6.45, 7) is 5.23. The standard InChI is InChI=1S/C12H21N5O3S/c1-3-10-15-8-11(16-10)21(19,20)17-6-5-13-7-9(17)12(18)14-4-2/h8-9,13H,3-7H2,1-2H3,(H,14,18)(H,15,16). The Labute approximate surface area is 124 Å². The molecule has 9 heteroatoms. The third kappa shape index (κ3) is 3.25. The molecule has 0 aliphatic carbocycles. The van der Waals surface area contributed by atoms with Crippen LogP contribution in [-0.4, -0.2) is 60.8 Å². The first-order chi connectivity index (χ1) is 10.0. The summed E-state index contributed by atoms with van der Waals surface area (Å²) in [5.41, 5.74) is 0. The van der Waals surface area contributed by atoms with E-state index in [0.717, 1.165) is 0 Å². The van der Waals surface area contributed by atoms with Gasteiger partial charge in [-0.2, -0.15) is 4.31 Å². The van der Waals surface area contributed by atoms with E-state index in [1.807, 2.05) is 6.92 Å². The number of imidazole rings is 1. The number of carbonyl (C=O) groups is 1. The molecule has 0 bridgehead atoms. The van der Waals surface area contributed by atoms with Crippen molar-refractivity contribution in [2.24, 2.45) is 0 Å². The molecular weight excluding hydrogens is 294 g/mol. The number of rotatable bonds is 5. The lowest BCUT2D eigenvalue weighted by Gasteiger charge is -2.33. The Kier molecular flexibility index (Phi) is 4.96. The highest BCUT2D eigenvalue weighted by atomic mass is 32.2. The van der Waals surface area contributed by atoms with E-state index in [1.165, 1.54) is 10.5 Å². The summed E-state index contributed by atoms with van der Waals surface area (Å²) in [5, 5.41) is 5.76. The van der Waals surface area contributed by atoms with Gasteiger partial charge in [-0.15, -0.1) is 0 Å². The first kappa shape index (κ1) is 15.9. The van der Waals surface area contributed by atoms with Gasteiger partial charge in [-0.25, -0.2) is 13.4 Å². The second-order valence-corrected chi connectivity index (χ2v) is 6.64. The van der Waals surface area contributed by atoms with Crippen molar-refractivity contribution in [3.63, 3.8) is 0 Å². The number of aromatic amines is 1. The Balaban J connectivity index is 2.29. The summed E-state index contributed by atoms with van der Waals surface area (Å²) in [4.78, 5) is 18.9. The highest BCUT2D eigenvalue weighted by molar-refractivity contribution is 7.89. The van der Waals surface area contributed by atoms with Crippen LogP contribution in [0.1, 0.15) is 19.7 Å². The minimum absolute atomic E-state index is 0.0375. The second kappa shape index (κ2) is 6.54. The topological polar surface area (TPSA) is 107 Å². The van der Waals surface area contributed by atoms with Gasteiger partial charge in [-0.05, 0) is 6.92 Å². The van der Waals surface area contributed by atoms with E-state index in [0.29, 0.717) is 31.9 Å². The van der Waals surface area contributed by atoms with Gasteiger partial charge < -0.3 is 15.6 Å². The SMILES string of the molecule is CCNC(=O)C1CNCCN1S(=O)(=O)c1cnc(CC)[nH]1. The van der Waals surface area contributed by atoms with Gasteiger partial charge in [0.25, 0.3) is 10.0 Å². The Morgan fingerprint density at radius 2 is 2.29 bits per heavy atom. The van der Waals surface area contributed by atoms with Crippen LogP contribution in [0.2, 0.25) is 0 Å². The first-order valence-corrected chi connectivity index (χ1v) is 8.48. The zero-order valence-corrected chi connectivity index (χ0v) is 13.0. The van der Waals surface area contributed by atoms with Crippen molar-refractivity contribution >= 4 is 15.9 Å². The number of hydrogen-bond acceptors (Lipinski definition) is 5. The van der Waals surface area contributed by atoms with Crippen molar-refractivity contribution in [2.45, 2.75) is 31.3 Å². The third-order valence-electron chi connectivity index (χ3n) is 3.37. The van der Waals surface area contributed by atoms with E-state index in [9.17, 15) is 13.2 Å². The summed E-state index contributed by atoms with van der Waals surface area (Å²) >= 11 is 0. The minimum atomic E-state index is -3.75. The van der Waals surface area contributed by atoms with Crippen LogP contribution in [-0.2, 0) is 21.2 Å². The minimum Gasteiger partial charge on any atom is -0.355 e. The molecule has 2 rings (SSSR count). The van der Waals surface area contributed by atoms with Crippen molar-refractivity contribution in [1.82, 2.24) is 24.9 Å². The molecular formula is C12H21N5O3S. The van der Waals surface area contributed by atoms with Crippen LogP contribution in [0, 0.1) is 0 Å². The third-order valence-corrected chi connectivity index (χ3v) is 5.19.